The number of amides is 1. The number of rotatable bonds is 9. The number of hydrogen-bond donors (Lipinski definition) is 1. The molecule has 1 unspecified atom stereocenters. The van der Waals surface area contributed by atoms with Crippen molar-refractivity contribution in [1.29, 1.82) is 0 Å². The van der Waals surface area contributed by atoms with E-state index < -0.39 is 0 Å². The number of unbranched alkanes of at least 4 members (excludes halogenated alkanes) is 2. The molecule has 3 heteroatoms. The molecule has 0 spiro atoms. The molecule has 2 N–H and O–H groups in total. The normalized spacial score (nSPS) is 14.1. The molecular formula is C14H28N2O. The van der Waals surface area contributed by atoms with Gasteiger partial charge in [0.2, 0.25) is 5.91 Å². The van der Waals surface area contributed by atoms with Crippen LogP contribution in [0.25, 0.3) is 0 Å². The van der Waals surface area contributed by atoms with Crippen molar-refractivity contribution < 1.29 is 4.79 Å². The van der Waals surface area contributed by atoms with Gasteiger partial charge in [0.1, 0.15) is 0 Å². The van der Waals surface area contributed by atoms with E-state index >= 15 is 0 Å². The van der Waals surface area contributed by atoms with Gasteiger partial charge in [-0.05, 0) is 39.8 Å². The Kier molecular flexibility index (Phi) is 8.78. The van der Waals surface area contributed by atoms with Crippen LogP contribution in [-0.4, -0.2) is 29.9 Å². The molecule has 0 radical (unpaired) electrons. The summed E-state index contributed by atoms with van der Waals surface area (Å²) in [7, 11) is 0. The Hall–Kier alpha value is -0.830. The average molecular weight is 240 g/mol. The third-order valence-electron chi connectivity index (χ3n) is 3.05. The van der Waals surface area contributed by atoms with Gasteiger partial charge in [-0.15, -0.1) is 0 Å². The van der Waals surface area contributed by atoms with Crippen molar-refractivity contribution in [3.63, 3.8) is 0 Å². The average Bonchev–Trinajstić information content (AvgIpc) is 2.28. The maximum atomic E-state index is 11.0. The van der Waals surface area contributed by atoms with Crippen LogP contribution in [-0.2, 0) is 4.79 Å². The van der Waals surface area contributed by atoms with Crippen molar-refractivity contribution in [2.24, 2.45) is 5.73 Å². The zero-order chi connectivity index (χ0) is 13.3. The van der Waals surface area contributed by atoms with E-state index in [2.05, 4.69) is 25.7 Å². The standard InChI is InChI=1S/C14H28N2O/c1-5-7-9-16(10-8-6-2)13(4)11-12(3)14(15)17/h11,13H,5-10H2,1-4H3,(H2,15,17). The number of primary amides is 1. The predicted molar refractivity (Wildman–Crippen MR) is 73.8 cm³/mol. The van der Waals surface area contributed by atoms with E-state index in [-0.39, 0.29) is 5.91 Å². The molecule has 0 heterocycles. The Balaban J connectivity index is 4.44. The zero-order valence-electron chi connectivity index (χ0n) is 11.8. The Morgan fingerprint density at radius 1 is 1.24 bits per heavy atom. The largest absolute Gasteiger partial charge is 0.366 e. The number of nitrogens with two attached hydrogens (primary N) is 1. The van der Waals surface area contributed by atoms with E-state index in [9.17, 15) is 4.79 Å². The number of hydrogen-bond acceptors (Lipinski definition) is 2. The van der Waals surface area contributed by atoms with Crippen LogP contribution in [0.3, 0.4) is 0 Å². The summed E-state index contributed by atoms with van der Waals surface area (Å²) in [5.41, 5.74) is 5.92. The summed E-state index contributed by atoms with van der Waals surface area (Å²) in [6.07, 6.45) is 6.80. The first-order valence-corrected chi connectivity index (χ1v) is 6.75. The fourth-order valence-electron chi connectivity index (χ4n) is 1.79. The minimum atomic E-state index is -0.317. The molecule has 0 saturated carbocycles. The lowest BCUT2D eigenvalue weighted by atomic mass is 10.1. The summed E-state index contributed by atoms with van der Waals surface area (Å²) in [5, 5.41) is 0. The van der Waals surface area contributed by atoms with Gasteiger partial charge in [-0.2, -0.15) is 0 Å². The molecule has 3 nitrogen and oxygen atoms in total. The first-order chi connectivity index (χ1) is 8.02. The quantitative estimate of drug-likeness (QED) is 0.630. The molecule has 0 rings (SSSR count). The summed E-state index contributed by atoms with van der Waals surface area (Å²) < 4.78 is 0. The van der Waals surface area contributed by atoms with Crippen LogP contribution in [0, 0.1) is 0 Å². The first-order valence-electron chi connectivity index (χ1n) is 6.75. The van der Waals surface area contributed by atoms with Crippen molar-refractivity contribution in [2.45, 2.75) is 59.4 Å². The highest BCUT2D eigenvalue weighted by atomic mass is 16.1. The zero-order valence-corrected chi connectivity index (χ0v) is 11.8. The molecule has 0 fully saturated rings. The van der Waals surface area contributed by atoms with Gasteiger partial charge in [-0.1, -0.05) is 32.8 Å². The van der Waals surface area contributed by atoms with E-state index in [1.807, 2.05) is 6.08 Å². The maximum absolute atomic E-state index is 11.0. The van der Waals surface area contributed by atoms with Gasteiger partial charge >= 0.3 is 0 Å². The smallest absolute Gasteiger partial charge is 0.244 e. The third-order valence-corrected chi connectivity index (χ3v) is 3.05. The van der Waals surface area contributed by atoms with Gasteiger partial charge in [-0.25, -0.2) is 0 Å². The lowest BCUT2D eigenvalue weighted by Crippen LogP contribution is -2.34. The SMILES string of the molecule is CCCCN(CCCC)C(C)C=C(C)C(N)=O. The fourth-order valence-corrected chi connectivity index (χ4v) is 1.79. The van der Waals surface area contributed by atoms with Gasteiger partial charge in [0.05, 0.1) is 0 Å². The predicted octanol–water partition coefficient (Wildman–Crippen LogP) is 2.71. The summed E-state index contributed by atoms with van der Waals surface area (Å²) >= 11 is 0. The highest BCUT2D eigenvalue weighted by Gasteiger charge is 2.11. The van der Waals surface area contributed by atoms with E-state index in [0.717, 1.165) is 13.1 Å². The van der Waals surface area contributed by atoms with Crippen LogP contribution < -0.4 is 5.73 Å². The lowest BCUT2D eigenvalue weighted by molar-refractivity contribution is -0.114. The second kappa shape index (κ2) is 9.23. The Labute approximate surface area is 106 Å². The summed E-state index contributed by atoms with van der Waals surface area (Å²) in [5.74, 6) is -0.317. The van der Waals surface area contributed by atoms with Crippen molar-refractivity contribution >= 4 is 5.91 Å². The lowest BCUT2D eigenvalue weighted by Gasteiger charge is -2.27. The molecule has 17 heavy (non-hydrogen) atoms. The van der Waals surface area contributed by atoms with Crippen LogP contribution in [0.2, 0.25) is 0 Å². The van der Waals surface area contributed by atoms with Gasteiger partial charge in [0, 0.05) is 11.6 Å². The van der Waals surface area contributed by atoms with Crippen molar-refractivity contribution in [3.8, 4) is 0 Å². The summed E-state index contributed by atoms with van der Waals surface area (Å²) in [6.45, 7) is 10.5. The van der Waals surface area contributed by atoms with Gasteiger partial charge < -0.3 is 5.73 Å². The molecule has 100 valence electrons. The highest BCUT2D eigenvalue weighted by molar-refractivity contribution is 5.91. The topological polar surface area (TPSA) is 46.3 Å². The van der Waals surface area contributed by atoms with Crippen molar-refractivity contribution in [1.82, 2.24) is 4.90 Å². The first kappa shape index (κ1) is 16.2. The molecule has 0 aliphatic rings. The van der Waals surface area contributed by atoms with Crippen LogP contribution >= 0.6 is 0 Å². The van der Waals surface area contributed by atoms with E-state index in [4.69, 9.17) is 5.73 Å². The molecule has 0 aliphatic heterocycles. The van der Waals surface area contributed by atoms with Crippen LogP contribution in [0.4, 0.5) is 0 Å². The molecule has 0 aromatic rings. The van der Waals surface area contributed by atoms with Gasteiger partial charge in [-0.3, -0.25) is 9.69 Å². The second-order valence-electron chi connectivity index (χ2n) is 4.70. The van der Waals surface area contributed by atoms with Crippen LogP contribution in [0.15, 0.2) is 11.6 Å². The van der Waals surface area contributed by atoms with Gasteiger partial charge in [0.15, 0.2) is 0 Å². The van der Waals surface area contributed by atoms with Crippen LogP contribution in [0.1, 0.15) is 53.4 Å². The minimum Gasteiger partial charge on any atom is -0.366 e. The Bertz CT molecular complexity index is 241. The molecule has 1 atom stereocenters. The van der Waals surface area contributed by atoms with Crippen LogP contribution in [0.5, 0.6) is 0 Å². The monoisotopic (exact) mass is 240 g/mol. The molecule has 0 saturated heterocycles. The molecule has 1 amide bonds. The minimum absolute atomic E-state index is 0.292. The molecule has 0 aromatic carbocycles. The highest BCUT2D eigenvalue weighted by Crippen LogP contribution is 2.08. The molecule has 0 aromatic heterocycles. The van der Waals surface area contributed by atoms with E-state index in [1.165, 1.54) is 25.7 Å². The number of carbonyl (C=O) groups is 1. The van der Waals surface area contributed by atoms with Gasteiger partial charge in [0.25, 0.3) is 0 Å². The summed E-state index contributed by atoms with van der Waals surface area (Å²) in [6, 6.07) is 0.292. The fraction of sp³-hybridized carbons (Fsp3) is 0.786. The Morgan fingerprint density at radius 3 is 2.06 bits per heavy atom. The Morgan fingerprint density at radius 2 is 1.71 bits per heavy atom. The van der Waals surface area contributed by atoms with E-state index in [1.54, 1.807) is 6.92 Å². The third kappa shape index (κ3) is 7.16. The molecule has 0 bridgehead atoms. The summed E-state index contributed by atoms with van der Waals surface area (Å²) in [4.78, 5) is 13.5. The molecule has 0 aliphatic carbocycles. The van der Waals surface area contributed by atoms with Crippen molar-refractivity contribution in [2.75, 3.05) is 13.1 Å². The number of nitrogens with zero attached hydrogens (tertiary/aromatic N) is 1. The number of carbonyl (C=O) groups excluding carboxylic acids is 1. The maximum Gasteiger partial charge on any atom is 0.244 e. The molecular weight excluding hydrogens is 212 g/mol. The second-order valence-corrected chi connectivity index (χ2v) is 4.70. The van der Waals surface area contributed by atoms with Crippen molar-refractivity contribution in [3.05, 3.63) is 11.6 Å². The van der Waals surface area contributed by atoms with E-state index in [0.29, 0.717) is 11.6 Å².